The van der Waals surface area contributed by atoms with Crippen molar-refractivity contribution in [3.63, 3.8) is 0 Å². The molecule has 0 atom stereocenters. The number of nitriles is 1. The summed E-state index contributed by atoms with van der Waals surface area (Å²) in [5.41, 5.74) is 1.02. The fourth-order valence-electron chi connectivity index (χ4n) is 2.25. The van der Waals surface area contributed by atoms with Crippen LogP contribution in [0.5, 0.6) is 0 Å². The molecule has 4 nitrogen and oxygen atoms in total. The van der Waals surface area contributed by atoms with Gasteiger partial charge in [0.05, 0.1) is 0 Å². The van der Waals surface area contributed by atoms with Crippen LogP contribution in [0.2, 0.25) is 0 Å². The van der Waals surface area contributed by atoms with Crippen LogP contribution in [-0.4, -0.2) is 16.5 Å². The Labute approximate surface area is 107 Å². The van der Waals surface area contributed by atoms with Gasteiger partial charge in [0.1, 0.15) is 11.6 Å². The molecule has 0 aromatic carbocycles. The number of nitrogens with zero attached hydrogens (tertiary/aromatic N) is 2. The molecule has 2 rings (SSSR count). The number of amides is 1. The van der Waals surface area contributed by atoms with E-state index in [1.54, 1.807) is 6.08 Å². The fourth-order valence-corrected chi connectivity index (χ4v) is 2.25. The third-order valence-corrected chi connectivity index (χ3v) is 3.33. The van der Waals surface area contributed by atoms with Crippen molar-refractivity contribution in [2.75, 3.05) is 0 Å². The van der Waals surface area contributed by atoms with E-state index >= 15 is 0 Å². The molecular formula is C14H17N3O. The summed E-state index contributed by atoms with van der Waals surface area (Å²) in [5, 5.41) is 12.0. The number of carbonyl (C=O) groups is 1. The molecule has 1 aliphatic rings. The molecule has 1 aliphatic carbocycles. The van der Waals surface area contributed by atoms with Gasteiger partial charge in [0.25, 0.3) is 5.91 Å². The molecule has 1 fully saturated rings. The highest BCUT2D eigenvalue weighted by Crippen LogP contribution is 2.18. The van der Waals surface area contributed by atoms with Crippen LogP contribution in [0.3, 0.4) is 0 Å². The Morgan fingerprint density at radius 3 is 2.83 bits per heavy atom. The van der Waals surface area contributed by atoms with Crippen molar-refractivity contribution >= 4 is 12.0 Å². The number of rotatable bonds is 3. The molecule has 1 heterocycles. The first-order chi connectivity index (χ1) is 8.70. The standard InChI is InChI=1S/C14H17N3O/c1-17-8-4-7-13(17)9-11(10-15)14(18)16-12-5-2-3-6-12/h4,7-9,12H,2-3,5-6H2,1H3,(H,16,18)/b11-9+. The summed E-state index contributed by atoms with van der Waals surface area (Å²) in [7, 11) is 1.88. The number of aromatic nitrogens is 1. The Bertz CT molecular complexity index is 501. The zero-order valence-electron chi connectivity index (χ0n) is 10.5. The van der Waals surface area contributed by atoms with Gasteiger partial charge in [-0.2, -0.15) is 5.26 Å². The molecule has 1 saturated carbocycles. The summed E-state index contributed by atoms with van der Waals surface area (Å²) in [6.07, 6.45) is 7.88. The smallest absolute Gasteiger partial charge is 0.262 e. The lowest BCUT2D eigenvalue weighted by Gasteiger charge is -2.10. The van der Waals surface area contributed by atoms with E-state index in [0.29, 0.717) is 0 Å². The lowest BCUT2D eigenvalue weighted by Crippen LogP contribution is -2.33. The van der Waals surface area contributed by atoms with Crippen LogP contribution < -0.4 is 5.32 Å². The molecule has 0 bridgehead atoms. The van der Waals surface area contributed by atoms with Crippen molar-refractivity contribution in [2.24, 2.45) is 7.05 Å². The Balaban J connectivity index is 2.08. The first-order valence-electron chi connectivity index (χ1n) is 6.24. The third kappa shape index (κ3) is 2.80. The molecule has 0 spiro atoms. The Morgan fingerprint density at radius 2 is 2.28 bits per heavy atom. The topological polar surface area (TPSA) is 57.8 Å². The van der Waals surface area contributed by atoms with Gasteiger partial charge in [-0.15, -0.1) is 0 Å². The number of hydrogen-bond donors (Lipinski definition) is 1. The van der Waals surface area contributed by atoms with Gasteiger partial charge in [0.15, 0.2) is 0 Å². The van der Waals surface area contributed by atoms with Gasteiger partial charge in [-0.25, -0.2) is 0 Å². The molecule has 1 amide bonds. The van der Waals surface area contributed by atoms with Crippen molar-refractivity contribution in [2.45, 2.75) is 31.7 Å². The van der Waals surface area contributed by atoms with Crippen molar-refractivity contribution < 1.29 is 4.79 Å². The molecule has 0 saturated heterocycles. The minimum absolute atomic E-state index is 0.170. The van der Waals surface area contributed by atoms with Crippen LogP contribution in [0.25, 0.3) is 6.08 Å². The summed E-state index contributed by atoms with van der Waals surface area (Å²) in [4.78, 5) is 12.0. The van der Waals surface area contributed by atoms with Crippen LogP contribution in [-0.2, 0) is 11.8 Å². The normalized spacial score (nSPS) is 16.6. The van der Waals surface area contributed by atoms with E-state index in [1.165, 1.54) is 0 Å². The summed E-state index contributed by atoms with van der Waals surface area (Å²) in [6, 6.07) is 5.98. The summed E-state index contributed by atoms with van der Waals surface area (Å²) in [6.45, 7) is 0. The number of carbonyl (C=O) groups excluding carboxylic acids is 1. The zero-order valence-corrected chi connectivity index (χ0v) is 10.5. The molecule has 94 valence electrons. The van der Waals surface area contributed by atoms with Gasteiger partial charge in [-0.05, 0) is 31.1 Å². The van der Waals surface area contributed by atoms with Crippen molar-refractivity contribution in [3.05, 3.63) is 29.6 Å². The second-order valence-corrected chi connectivity index (χ2v) is 4.67. The maximum Gasteiger partial charge on any atom is 0.262 e. The molecule has 0 radical (unpaired) electrons. The highest BCUT2D eigenvalue weighted by atomic mass is 16.1. The van der Waals surface area contributed by atoms with Crippen LogP contribution >= 0.6 is 0 Å². The van der Waals surface area contributed by atoms with Gasteiger partial charge in [0, 0.05) is 25.0 Å². The van der Waals surface area contributed by atoms with E-state index in [1.807, 2.05) is 36.0 Å². The third-order valence-electron chi connectivity index (χ3n) is 3.33. The first-order valence-corrected chi connectivity index (χ1v) is 6.24. The number of aryl methyl sites for hydroxylation is 1. The lowest BCUT2D eigenvalue weighted by atomic mass is 10.2. The maximum atomic E-state index is 12.0. The lowest BCUT2D eigenvalue weighted by molar-refractivity contribution is -0.117. The average Bonchev–Trinajstić information content (AvgIpc) is 2.98. The molecule has 4 heteroatoms. The number of hydrogen-bond acceptors (Lipinski definition) is 2. The molecule has 1 aromatic rings. The maximum absolute atomic E-state index is 12.0. The van der Waals surface area contributed by atoms with Gasteiger partial charge >= 0.3 is 0 Å². The van der Waals surface area contributed by atoms with Crippen molar-refractivity contribution in [3.8, 4) is 6.07 Å². The van der Waals surface area contributed by atoms with E-state index < -0.39 is 0 Å². The molecule has 18 heavy (non-hydrogen) atoms. The largest absolute Gasteiger partial charge is 0.351 e. The van der Waals surface area contributed by atoms with Gasteiger partial charge in [-0.3, -0.25) is 4.79 Å². The van der Waals surface area contributed by atoms with E-state index in [-0.39, 0.29) is 17.5 Å². The zero-order chi connectivity index (χ0) is 13.0. The first kappa shape index (κ1) is 12.4. The molecule has 0 unspecified atom stereocenters. The highest BCUT2D eigenvalue weighted by Gasteiger charge is 2.19. The molecule has 0 aliphatic heterocycles. The Hall–Kier alpha value is -2.02. The minimum Gasteiger partial charge on any atom is -0.351 e. The van der Waals surface area contributed by atoms with E-state index in [0.717, 1.165) is 31.4 Å². The number of nitrogens with one attached hydrogen (secondary N) is 1. The monoisotopic (exact) mass is 243 g/mol. The SMILES string of the molecule is Cn1cccc1/C=C(\C#N)C(=O)NC1CCCC1. The van der Waals surface area contributed by atoms with Crippen molar-refractivity contribution in [1.29, 1.82) is 5.26 Å². The van der Waals surface area contributed by atoms with Crippen LogP contribution in [0, 0.1) is 11.3 Å². The summed E-state index contributed by atoms with van der Waals surface area (Å²) < 4.78 is 1.88. The highest BCUT2D eigenvalue weighted by molar-refractivity contribution is 6.01. The van der Waals surface area contributed by atoms with Gasteiger partial charge in [0.2, 0.25) is 0 Å². The van der Waals surface area contributed by atoms with Crippen molar-refractivity contribution in [1.82, 2.24) is 9.88 Å². The minimum atomic E-state index is -0.259. The quantitative estimate of drug-likeness (QED) is 0.652. The van der Waals surface area contributed by atoms with Crippen LogP contribution in [0.4, 0.5) is 0 Å². The van der Waals surface area contributed by atoms with Crippen LogP contribution in [0.15, 0.2) is 23.9 Å². The Kier molecular flexibility index (Phi) is 3.83. The molecule has 1 aromatic heterocycles. The molecular weight excluding hydrogens is 226 g/mol. The van der Waals surface area contributed by atoms with Gasteiger partial charge < -0.3 is 9.88 Å². The van der Waals surface area contributed by atoms with Gasteiger partial charge in [-0.1, -0.05) is 12.8 Å². The molecule has 1 N–H and O–H groups in total. The fraction of sp³-hybridized carbons (Fsp3) is 0.429. The van der Waals surface area contributed by atoms with E-state index in [4.69, 9.17) is 5.26 Å². The van der Waals surface area contributed by atoms with E-state index in [2.05, 4.69) is 5.32 Å². The van der Waals surface area contributed by atoms with E-state index in [9.17, 15) is 4.79 Å². The summed E-state index contributed by atoms with van der Waals surface area (Å²) in [5.74, 6) is -0.259. The van der Waals surface area contributed by atoms with Crippen LogP contribution in [0.1, 0.15) is 31.4 Å². The second kappa shape index (κ2) is 5.54. The predicted octanol–water partition coefficient (Wildman–Crippen LogP) is 1.99. The second-order valence-electron chi connectivity index (χ2n) is 4.67. The Morgan fingerprint density at radius 1 is 1.56 bits per heavy atom. The average molecular weight is 243 g/mol. The predicted molar refractivity (Wildman–Crippen MR) is 69.4 cm³/mol. The summed E-state index contributed by atoms with van der Waals surface area (Å²) >= 11 is 0.